The minimum atomic E-state index is -0.645. The maximum atomic E-state index is 13.6. The van der Waals surface area contributed by atoms with Crippen LogP contribution < -0.4 is 10.6 Å². The van der Waals surface area contributed by atoms with E-state index in [4.69, 9.17) is 0 Å². The maximum absolute atomic E-state index is 13.6. The lowest BCUT2D eigenvalue weighted by Gasteiger charge is -2.17. The van der Waals surface area contributed by atoms with E-state index in [0.717, 1.165) is 12.1 Å². The van der Waals surface area contributed by atoms with E-state index in [-0.39, 0.29) is 16.1 Å². The van der Waals surface area contributed by atoms with E-state index in [0.29, 0.717) is 12.5 Å². The van der Waals surface area contributed by atoms with Crippen LogP contribution >= 0.6 is 15.9 Å². The molecule has 1 rings (SSSR count). The number of anilines is 1. The zero-order chi connectivity index (χ0) is 14.6. The van der Waals surface area contributed by atoms with Crippen molar-refractivity contribution in [3.05, 3.63) is 28.2 Å². The van der Waals surface area contributed by atoms with Gasteiger partial charge in [0, 0.05) is 12.6 Å². The van der Waals surface area contributed by atoms with Crippen molar-refractivity contribution in [3.63, 3.8) is 0 Å². The molecule has 19 heavy (non-hydrogen) atoms. The number of amides is 1. The number of carbonyl (C=O) groups is 1. The van der Waals surface area contributed by atoms with E-state index >= 15 is 0 Å². The number of nitrogens with one attached hydrogen (secondary N) is 2. The van der Waals surface area contributed by atoms with E-state index in [1.807, 2.05) is 13.8 Å². The molecule has 0 fully saturated rings. The minimum Gasteiger partial charge on any atom is -0.371 e. The van der Waals surface area contributed by atoms with Crippen LogP contribution in [0.1, 0.15) is 20.8 Å². The van der Waals surface area contributed by atoms with Gasteiger partial charge in [0.1, 0.15) is 17.7 Å². The summed E-state index contributed by atoms with van der Waals surface area (Å²) >= 11 is 2.89. The van der Waals surface area contributed by atoms with Crippen molar-refractivity contribution in [1.82, 2.24) is 5.32 Å². The fraction of sp³-hybridized carbons (Fsp3) is 0.462. The minimum absolute atomic E-state index is 0.0344. The Balaban J connectivity index is 2.69. The van der Waals surface area contributed by atoms with Gasteiger partial charge in [-0.25, -0.2) is 8.78 Å². The van der Waals surface area contributed by atoms with Crippen LogP contribution in [-0.2, 0) is 4.79 Å². The van der Waals surface area contributed by atoms with Crippen LogP contribution in [-0.4, -0.2) is 18.5 Å². The Morgan fingerprint density at radius 1 is 1.26 bits per heavy atom. The number of hydrogen-bond acceptors (Lipinski definition) is 2. The lowest BCUT2D eigenvalue weighted by molar-refractivity contribution is -0.121. The SMILES string of the molecule is CC(C)CNC(=O)C(C)Nc1cc(F)c(Br)cc1F. The third-order valence-electron chi connectivity index (χ3n) is 2.46. The molecule has 106 valence electrons. The van der Waals surface area contributed by atoms with E-state index in [1.165, 1.54) is 0 Å². The van der Waals surface area contributed by atoms with Crippen molar-refractivity contribution in [3.8, 4) is 0 Å². The van der Waals surface area contributed by atoms with Crippen LogP contribution in [0, 0.1) is 17.6 Å². The fourth-order valence-electron chi connectivity index (χ4n) is 1.39. The van der Waals surface area contributed by atoms with Gasteiger partial charge in [0.05, 0.1) is 10.2 Å². The van der Waals surface area contributed by atoms with E-state index in [2.05, 4.69) is 26.6 Å². The summed E-state index contributed by atoms with van der Waals surface area (Å²) in [6.07, 6.45) is 0. The summed E-state index contributed by atoms with van der Waals surface area (Å²) in [6, 6.07) is 1.40. The molecule has 0 aliphatic carbocycles. The van der Waals surface area contributed by atoms with Gasteiger partial charge < -0.3 is 10.6 Å². The van der Waals surface area contributed by atoms with Gasteiger partial charge in [-0.15, -0.1) is 0 Å². The van der Waals surface area contributed by atoms with Crippen LogP contribution in [0.3, 0.4) is 0 Å². The van der Waals surface area contributed by atoms with Crippen molar-refractivity contribution in [2.75, 3.05) is 11.9 Å². The topological polar surface area (TPSA) is 41.1 Å². The molecule has 0 aromatic heterocycles. The Morgan fingerprint density at radius 3 is 2.47 bits per heavy atom. The average Bonchev–Trinajstić information content (AvgIpc) is 2.32. The largest absolute Gasteiger partial charge is 0.371 e. The molecule has 0 spiro atoms. The summed E-state index contributed by atoms with van der Waals surface area (Å²) in [5.41, 5.74) is -0.0344. The second kappa shape index (κ2) is 6.84. The highest BCUT2D eigenvalue weighted by Gasteiger charge is 2.16. The molecule has 1 amide bonds. The molecule has 6 heteroatoms. The van der Waals surface area contributed by atoms with Crippen molar-refractivity contribution in [2.45, 2.75) is 26.8 Å². The molecule has 1 unspecified atom stereocenters. The molecule has 0 bridgehead atoms. The van der Waals surface area contributed by atoms with Gasteiger partial charge >= 0.3 is 0 Å². The lowest BCUT2D eigenvalue weighted by Crippen LogP contribution is -2.39. The lowest BCUT2D eigenvalue weighted by atomic mass is 10.2. The Hall–Kier alpha value is -1.17. The molecule has 0 saturated carbocycles. The summed E-state index contributed by atoms with van der Waals surface area (Å²) < 4.78 is 26.9. The van der Waals surface area contributed by atoms with Gasteiger partial charge in [-0.1, -0.05) is 13.8 Å². The zero-order valence-electron chi connectivity index (χ0n) is 11.1. The highest BCUT2D eigenvalue weighted by atomic mass is 79.9. The predicted octanol–water partition coefficient (Wildman–Crippen LogP) is 3.30. The molecule has 0 saturated heterocycles. The summed E-state index contributed by atoms with van der Waals surface area (Å²) in [5.74, 6) is -1.12. The molecule has 0 radical (unpaired) electrons. The van der Waals surface area contributed by atoms with Crippen molar-refractivity contribution in [1.29, 1.82) is 0 Å². The number of benzene rings is 1. The third-order valence-corrected chi connectivity index (χ3v) is 3.07. The molecule has 0 aliphatic heterocycles. The highest BCUT2D eigenvalue weighted by molar-refractivity contribution is 9.10. The van der Waals surface area contributed by atoms with E-state index in [1.54, 1.807) is 6.92 Å². The summed E-state index contributed by atoms with van der Waals surface area (Å²) in [5, 5.41) is 5.37. The molecular formula is C13H17BrF2N2O. The Morgan fingerprint density at radius 2 is 1.89 bits per heavy atom. The Labute approximate surface area is 119 Å². The molecule has 3 nitrogen and oxygen atoms in total. The average molecular weight is 335 g/mol. The van der Waals surface area contributed by atoms with Crippen LogP contribution in [0.4, 0.5) is 14.5 Å². The van der Waals surface area contributed by atoms with Crippen molar-refractivity contribution >= 4 is 27.5 Å². The first-order chi connectivity index (χ1) is 8.81. The predicted molar refractivity (Wildman–Crippen MR) is 75.0 cm³/mol. The van der Waals surface area contributed by atoms with Crippen molar-refractivity contribution < 1.29 is 13.6 Å². The summed E-state index contributed by atoms with van der Waals surface area (Å²) in [6.45, 7) is 6.08. The number of hydrogen-bond donors (Lipinski definition) is 2. The van der Waals surface area contributed by atoms with Crippen LogP contribution in [0.25, 0.3) is 0 Å². The van der Waals surface area contributed by atoms with Gasteiger partial charge in [0.2, 0.25) is 5.91 Å². The first-order valence-electron chi connectivity index (χ1n) is 6.00. The number of rotatable bonds is 5. The number of halogens is 3. The second-order valence-corrected chi connectivity index (χ2v) is 5.61. The second-order valence-electron chi connectivity index (χ2n) is 4.75. The fourth-order valence-corrected chi connectivity index (χ4v) is 1.71. The van der Waals surface area contributed by atoms with Crippen LogP contribution in [0.15, 0.2) is 16.6 Å². The van der Waals surface area contributed by atoms with Crippen molar-refractivity contribution in [2.24, 2.45) is 5.92 Å². The van der Waals surface area contributed by atoms with Gasteiger partial charge in [0.25, 0.3) is 0 Å². The van der Waals surface area contributed by atoms with Crippen LogP contribution in [0.2, 0.25) is 0 Å². The molecule has 1 aromatic carbocycles. The van der Waals surface area contributed by atoms with E-state index < -0.39 is 17.7 Å². The molecule has 0 heterocycles. The highest BCUT2D eigenvalue weighted by Crippen LogP contribution is 2.23. The Kier molecular flexibility index (Phi) is 5.72. The van der Waals surface area contributed by atoms with Gasteiger partial charge in [-0.05, 0) is 34.8 Å². The first kappa shape index (κ1) is 15.9. The monoisotopic (exact) mass is 334 g/mol. The maximum Gasteiger partial charge on any atom is 0.242 e. The summed E-state index contributed by atoms with van der Waals surface area (Å²) in [7, 11) is 0. The number of carbonyl (C=O) groups excluding carboxylic acids is 1. The standard InChI is InChI=1S/C13H17BrF2N2O/c1-7(2)6-17-13(19)8(3)18-12-5-10(15)9(14)4-11(12)16/h4-5,7-8,18H,6H2,1-3H3,(H,17,19). The van der Waals surface area contributed by atoms with Gasteiger partial charge in [0.15, 0.2) is 0 Å². The molecule has 1 atom stereocenters. The smallest absolute Gasteiger partial charge is 0.242 e. The Bertz CT molecular complexity index is 466. The third kappa shape index (κ3) is 4.78. The quantitative estimate of drug-likeness (QED) is 0.811. The first-order valence-corrected chi connectivity index (χ1v) is 6.79. The van der Waals surface area contributed by atoms with E-state index in [9.17, 15) is 13.6 Å². The molecule has 2 N–H and O–H groups in total. The van der Waals surface area contributed by atoms with Crippen LogP contribution in [0.5, 0.6) is 0 Å². The molecule has 1 aromatic rings. The van der Waals surface area contributed by atoms with Gasteiger partial charge in [-0.2, -0.15) is 0 Å². The molecular weight excluding hydrogens is 318 g/mol. The zero-order valence-corrected chi connectivity index (χ0v) is 12.6. The molecule has 0 aliphatic rings. The normalized spacial score (nSPS) is 12.4. The summed E-state index contributed by atoms with van der Waals surface area (Å²) in [4.78, 5) is 11.7. The van der Waals surface area contributed by atoms with Gasteiger partial charge in [-0.3, -0.25) is 4.79 Å².